The van der Waals surface area contributed by atoms with Crippen LogP contribution < -0.4 is 4.89 Å². The molecule has 0 fully saturated rings. The van der Waals surface area contributed by atoms with Gasteiger partial charge in [0.2, 0.25) is 0 Å². The van der Waals surface area contributed by atoms with E-state index in [0.29, 0.717) is 24.1 Å². The monoisotopic (exact) mass is 678 g/mol. The van der Waals surface area contributed by atoms with E-state index in [9.17, 15) is 14.3 Å². The lowest BCUT2D eigenvalue weighted by Crippen LogP contribution is -2.37. The van der Waals surface area contributed by atoms with Gasteiger partial charge >= 0.3 is 5.97 Å². The molecule has 276 valence electrons. The molecule has 0 bridgehead atoms. The predicted molar refractivity (Wildman–Crippen MR) is 190 cm³/mol. The highest BCUT2D eigenvalue weighted by Crippen LogP contribution is 2.38. The minimum atomic E-state index is -4.49. The van der Waals surface area contributed by atoms with E-state index < -0.39 is 13.9 Å². The molecular formula is C37H76NO7P. The summed E-state index contributed by atoms with van der Waals surface area (Å²) in [6.07, 6.45) is 30.5. The quantitative estimate of drug-likeness (QED) is 0.0282. The first-order chi connectivity index (χ1) is 22.1. The molecule has 0 aromatic carbocycles. The first-order valence-corrected chi connectivity index (χ1v) is 20.7. The van der Waals surface area contributed by atoms with Crippen LogP contribution in [0.4, 0.5) is 0 Å². The smallest absolute Gasteiger partial charge is 0.306 e. The van der Waals surface area contributed by atoms with E-state index in [1.54, 1.807) is 0 Å². The van der Waals surface area contributed by atoms with Gasteiger partial charge in [0.05, 0.1) is 34.4 Å². The Bertz CT molecular complexity index is 716. The lowest BCUT2D eigenvalue weighted by Gasteiger charge is -2.28. The number of ether oxygens (including phenoxy) is 2. The lowest BCUT2D eigenvalue weighted by atomic mass is 10.0. The van der Waals surface area contributed by atoms with Crippen molar-refractivity contribution in [3.63, 3.8) is 0 Å². The predicted octanol–water partition coefficient (Wildman–Crippen LogP) is 9.91. The van der Waals surface area contributed by atoms with Gasteiger partial charge in [-0.2, -0.15) is 0 Å². The summed E-state index contributed by atoms with van der Waals surface area (Å²) in [4.78, 5) is 24.4. The molecule has 0 spiro atoms. The molecule has 0 aliphatic heterocycles. The number of rotatable bonds is 36. The van der Waals surface area contributed by atoms with Crippen LogP contribution in [-0.4, -0.2) is 70.7 Å². The summed E-state index contributed by atoms with van der Waals surface area (Å²) < 4.78 is 34.0. The number of quaternary nitrogens is 1. The highest BCUT2D eigenvalue weighted by Gasteiger charge is 2.20. The Balaban J connectivity index is 3.85. The van der Waals surface area contributed by atoms with Gasteiger partial charge in [0.15, 0.2) is 0 Å². The molecule has 0 rings (SSSR count). The lowest BCUT2D eigenvalue weighted by molar-refractivity contribution is -0.870. The van der Waals surface area contributed by atoms with Crippen LogP contribution in [0.1, 0.15) is 174 Å². The van der Waals surface area contributed by atoms with Crippen molar-refractivity contribution in [3.8, 4) is 0 Å². The first kappa shape index (κ1) is 45.5. The van der Waals surface area contributed by atoms with Crippen molar-refractivity contribution in [3.05, 3.63) is 0 Å². The number of nitrogens with zero attached hydrogens (tertiary/aromatic N) is 1. The van der Waals surface area contributed by atoms with Gasteiger partial charge in [0.1, 0.15) is 19.3 Å². The molecule has 0 radical (unpaired) electrons. The zero-order chi connectivity index (χ0) is 34.2. The third-order valence-electron chi connectivity index (χ3n) is 8.41. The van der Waals surface area contributed by atoms with E-state index in [1.165, 1.54) is 122 Å². The van der Waals surface area contributed by atoms with Crippen molar-refractivity contribution in [1.82, 2.24) is 0 Å². The van der Waals surface area contributed by atoms with Crippen LogP contribution in [0.2, 0.25) is 0 Å². The van der Waals surface area contributed by atoms with E-state index in [1.807, 2.05) is 21.1 Å². The Kier molecular flexibility index (Phi) is 31.4. The van der Waals surface area contributed by atoms with E-state index in [4.69, 9.17) is 18.5 Å². The molecule has 9 heteroatoms. The van der Waals surface area contributed by atoms with Gasteiger partial charge in [0, 0.05) is 13.0 Å². The molecule has 2 atom stereocenters. The SMILES string of the molecule is CCCCCCCCCCCCCCCCCCCCCCCOCC(COP(=O)([O-])OCC[N+](C)(C)C)OC(=O)CCCCC. The Hall–Kier alpha value is -0.500. The summed E-state index contributed by atoms with van der Waals surface area (Å²) in [6, 6.07) is 0. The molecule has 0 aromatic rings. The number of phosphoric ester groups is 1. The van der Waals surface area contributed by atoms with E-state index in [0.717, 1.165) is 32.1 Å². The average molecular weight is 678 g/mol. The topological polar surface area (TPSA) is 94.1 Å². The Morgan fingerprint density at radius 1 is 0.587 bits per heavy atom. The Morgan fingerprint density at radius 3 is 1.43 bits per heavy atom. The fraction of sp³-hybridized carbons (Fsp3) is 0.973. The van der Waals surface area contributed by atoms with Crippen molar-refractivity contribution in [1.29, 1.82) is 0 Å². The fourth-order valence-corrected chi connectivity index (χ4v) is 6.10. The molecule has 0 saturated carbocycles. The number of carbonyl (C=O) groups is 1. The van der Waals surface area contributed by atoms with Crippen LogP contribution in [0.3, 0.4) is 0 Å². The molecule has 0 amide bonds. The maximum Gasteiger partial charge on any atom is 0.306 e. The van der Waals surface area contributed by atoms with Gasteiger partial charge in [-0.25, -0.2) is 0 Å². The summed E-state index contributed by atoms with van der Waals surface area (Å²) in [5.41, 5.74) is 0. The van der Waals surface area contributed by atoms with Crippen LogP contribution in [0.25, 0.3) is 0 Å². The van der Waals surface area contributed by atoms with Crippen molar-refractivity contribution in [2.75, 3.05) is 54.1 Å². The Morgan fingerprint density at radius 2 is 1.00 bits per heavy atom. The molecule has 0 N–H and O–H groups in total. The minimum absolute atomic E-state index is 0.0295. The number of hydrogen-bond acceptors (Lipinski definition) is 7. The summed E-state index contributed by atoms with van der Waals surface area (Å²) >= 11 is 0. The first-order valence-electron chi connectivity index (χ1n) is 19.3. The molecule has 0 aliphatic rings. The zero-order valence-corrected chi connectivity index (χ0v) is 31.9. The highest BCUT2D eigenvalue weighted by atomic mass is 31.2. The Labute approximate surface area is 285 Å². The van der Waals surface area contributed by atoms with E-state index in [-0.39, 0.29) is 25.8 Å². The molecule has 46 heavy (non-hydrogen) atoms. The second-order valence-corrected chi connectivity index (χ2v) is 15.7. The van der Waals surface area contributed by atoms with Gasteiger partial charge < -0.3 is 27.9 Å². The van der Waals surface area contributed by atoms with Crippen LogP contribution in [-0.2, 0) is 27.9 Å². The maximum atomic E-state index is 12.3. The molecular weight excluding hydrogens is 601 g/mol. The number of likely N-dealkylation sites (N-methyl/N-ethyl adjacent to an activating group) is 1. The van der Waals surface area contributed by atoms with Gasteiger partial charge in [-0.3, -0.25) is 9.36 Å². The maximum absolute atomic E-state index is 12.3. The fourth-order valence-electron chi connectivity index (χ4n) is 5.37. The summed E-state index contributed by atoms with van der Waals surface area (Å²) in [6.45, 7) is 5.27. The van der Waals surface area contributed by atoms with Crippen LogP contribution in [0.5, 0.6) is 0 Å². The van der Waals surface area contributed by atoms with Crippen LogP contribution in [0.15, 0.2) is 0 Å². The molecule has 0 aromatic heterocycles. The molecule has 0 aliphatic carbocycles. The van der Waals surface area contributed by atoms with Crippen LogP contribution >= 0.6 is 7.82 Å². The third kappa shape index (κ3) is 34.8. The molecule has 2 unspecified atom stereocenters. The van der Waals surface area contributed by atoms with E-state index >= 15 is 0 Å². The number of unbranched alkanes of at least 4 members (excludes halogenated alkanes) is 22. The number of carbonyl (C=O) groups excluding carboxylic acids is 1. The molecule has 0 saturated heterocycles. The summed E-state index contributed by atoms with van der Waals surface area (Å²) in [5.74, 6) is -0.355. The number of phosphoric acid groups is 1. The van der Waals surface area contributed by atoms with Crippen molar-refractivity contribution in [2.45, 2.75) is 180 Å². The average Bonchev–Trinajstić information content (AvgIpc) is 2.99. The molecule has 0 heterocycles. The largest absolute Gasteiger partial charge is 0.756 e. The third-order valence-corrected chi connectivity index (χ3v) is 9.37. The van der Waals surface area contributed by atoms with Gasteiger partial charge in [-0.1, -0.05) is 155 Å². The van der Waals surface area contributed by atoms with Crippen molar-refractivity contribution < 1.29 is 37.3 Å². The summed E-state index contributed by atoms with van der Waals surface area (Å²) in [7, 11) is 1.36. The van der Waals surface area contributed by atoms with Gasteiger partial charge in [-0.05, 0) is 12.8 Å². The van der Waals surface area contributed by atoms with E-state index in [2.05, 4.69) is 13.8 Å². The number of hydrogen-bond donors (Lipinski definition) is 0. The standard InChI is InChI=1S/C37H76NO7P/c1-6-8-10-11-12-13-14-15-16-17-18-19-20-21-22-23-24-25-26-27-29-32-42-34-36(45-37(39)30-28-9-7-2)35-44-46(40,41)43-33-31-38(3,4)5/h36H,6-35H2,1-5H3. The normalized spacial score (nSPS) is 14.0. The van der Waals surface area contributed by atoms with Crippen LogP contribution in [0, 0.1) is 0 Å². The highest BCUT2D eigenvalue weighted by molar-refractivity contribution is 7.45. The number of esters is 1. The van der Waals surface area contributed by atoms with Crippen molar-refractivity contribution >= 4 is 13.8 Å². The summed E-state index contributed by atoms with van der Waals surface area (Å²) in [5, 5.41) is 0. The zero-order valence-electron chi connectivity index (χ0n) is 31.0. The second kappa shape index (κ2) is 31.7. The molecule has 8 nitrogen and oxygen atoms in total. The second-order valence-electron chi connectivity index (χ2n) is 14.3. The van der Waals surface area contributed by atoms with Gasteiger partial charge in [-0.15, -0.1) is 0 Å². The van der Waals surface area contributed by atoms with Gasteiger partial charge in [0.25, 0.3) is 7.82 Å². The minimum Gasteiger partial charge on any atom is -0.756 e. The van der Waals surface area contributed by atoms with Crippen molar-refractivity contribution in [2.24, 2.45) is 0 Å².